The standard InChI is InChI=1S/5C4H4O4.2V/c5*5-3(6)1-2-4(7)8;;/h5*1-2H,(H,5,6)(H,7,8);;/p-10/b5*2-1-;;. The Balaban J connectivity index is -0.0000000721. The number of hydrogen-bond donors (Lipinski definition) is 0. The van der Waals surface area contributed by atoms with Crippen molar-refractivity contribution in [2.75, 3.05) is 0 Å². The van der Waals surface area contributed by atoms with Crippen LogP contribution in [0.2, 0.25) is 0 Å². The zero-order valence-electron chi connectivity index (χ0n) is 19.8. The van der Waals surface area contributed by atoms with Crippen LogP contribution in [-0.2, 0) is 85.1 Å². The minimum Gasteiger partial charge on any atom is -0.545 e. The molecule has 0 amide bonds. The summed E-state index contributed by atoms with van der Waals surface area (Å²) in [5, 5.41) is 94.1. The topological polar surface area (TPSA) is 401 Å². The fourth-order valence-corrected chi connectivity index (χ4v) is 0.680. The van der Waals surface area contributed by atoms with E-state index in [0.29, 0.717) is 60.8 Å². The molecule has 0 aromatic rings. The molecule has 0 unspecified atom stereocenters. The van der Waals surface area contributed by atoms with Crippen LogP contribution in [0.5, 0.6) is 0 Å². The first-order chi connectivity index (χ1) is 18.1. The van der Waals surface area contributed by atoms with Crippen LogP contribution in [0.25, 0.3) is 0 Å². The second kappa shape index (κ2) is 35.6. The van der Waals surface area contributed by atoms with Crippen LogP contribution in [0, 0.1) is 0 Å². The molecular formula is C20H10O20V2-10. The Kier molecular flexibility index (Phi) is 44.8. The summed E-state index contributed by atoms with van der Waals surface area (Å²) in [6, 6.07) is 0. The molecule has 0 heterocycles. The summed E-state index contributed by atoms with van der Waals surface area (Å²) < 4.78 is 0. The largest absolute Gasteiger partial charge is 0.545 e. The van der Waals surface area contributed by atoms with Gasteiger partial charge in [-0.15, -0.1) is 0 Å². The number of rotatable bonds is 10. The van der Waals surface area contributed by atoms with Gasteiger partial charge in [0.1, 0.15) is 0 Å². The van der Waals surface area contributed by atoms with Gasteiger partial charge < -0.3 is 99.0 Å². The van der Waals surface area contributed by atoms with Crippen LogP contribution >= 0.6 is 0 Å². The minimum absolute atomic E-state index is 0. The van der Waals surface area contributed by atoms with E-state index in [2.05, 4.69) is 0 Å². The Hall–Kier alpha value is -5.43. The fraction of sp³-hybridized carbons (Fsp3) is 0. The molecule has 0 aliphatic heterocycles. The molecule has 0 aliphatic rings. The zero-order chi connectivity index (χ0) is 32.8. The second-order valence-electron chi connectivity index (χ2n) is 4.86. The maximum Gasteiger partial charge on any atom is 0.0643 e. The Morgan fingerprint density at radius 1 is 0.214 bits per heavy atom. The van der Waals surface area contributed by atoms with Crippen LogP contribution in [0.15, 0.2) is 60.8 Å². The first-order valence-corrected chi connectivity index (χ1v) is 8.64. The number of carboxylic acid groups (broad SMARTS) is 10. The summed E-state index contributed by atoms with van der Waals surface area (Å²) in [4.78, 5) is 94.1. The van der Waals surface area contributed by atoms with Gasteiger partial charge >= 0.3 is 0 Å². The van der Waals surface area contributed by atoms with Crippen molar-refractivity contribution in [1.29, 1.82) is 0 Å². The van der Waals surface area contributed by atoms with Crippen molar-refractivity contribution in [1.82, 2.24) is 0 Å². The molecule has 0 rings (SSSR count). The maximum atomic E-state index is 9.41. The summed E-state index contributed by atoms with van der Waals surface area (Å²) >= 11 is 0. The predicted octanol–water partition coefficient (Wildman–Crippen LogP) is -14.8. The molecule has 0 saturated heterocycles. The van der Waals surface area contributed by atoms with Crippen molar-refractivity contribution in [2.45, 2.75) is 0 Å². The number of carbonyl (C=O) groups excluding carboxylic acids is 10. The molecule has 2 radical (unpaired) electrons. The van der Waals surface area contributed by atoms with E-state index in [1.54, 1.807) is 0 Å². The first-order valence-electron chi connectivity index (χ1n) is 8.64. The number of aliphatic carboxylic acids is 10. The van der Waals surface area contributed by atoms with E-state index >= 15 is 0 Å². The van der Waals surface area contributed by atoms with E-state index in [4.69, 9.17) is 0 Å². The Morgan fingerprint density at radius 2 is 0.262 bits per heavy atom. The summed E-state index contributed by atoms with van der Waals surface area (Å²) in [5.41, 5.74) is 0. The minimum atomic E-state index is -1.55. The molecule has 0 aromatic carbocycles. The van der Waals surface area contributed by atoms with Crippen LogP contribution in [0.4, 0.5) is 0 Å². The molecule has 0 bridgehead atoms. The van der Waals surface area contributed by atoms with Crippen molar-refractivity contribution in [2.24, 2.45) is 0 Å². The molecule has 42 heavy (non-hydrogen) atoms. The van der Waals surface area contributed by atoms with Gasteiger partial charge in [0, 0.05) is 37.1 Å². The van der Waals surface area contributed by atoms with Gasteiger partial charge in [0.2, 0.25) is 0 Å². The summed E-state index contributed by atoms with van der Waals surface area (Å²) in [6.07, 6.45) is 3.84. The SMILES string of the molecule is O=C([O-])/C=C\C(=O)[O-].O=C([O-])/C=C\C(=O)[O-].O=C([O-])/C=C\C(=O)[O-].O=C([O-])/C=C\C(=O)[O-].O=C([O-])/C=C\C(=O)[O-].[V].[V]. The van der Waals surface area contributed by atoms with E-state index in [-0.39, 0.29) is 37.1 Å². The van der Waals surface area contributed by atoms with Gasteiger partial charge in [-0.05, 0) is 60.8 Å². The fourth-order valence-electron chi connectivity index (χ4n) is 0.680. The Morgan fingerprint density at radius 3 is 0.286 bits per heavy atom. The summed E-state index contributed by atoms with van der Waals surface area (Å²) in [7, 11) is 0. The Bertz CT molecular complexity index is 804. The van der Waals surface area contributed by atoms with Gasteiger partial charge in [0.25, 0.3) is 0 Å². The summed E-state index contributed by atoms with van der Waals surface area (Å²) in [5.74, 6) is -15.5. The molecule has 20 nitrogen and oxygen atoms in total. The van der Waals surface area contributed by atoms with Gasteiger partial charge in [-0.3, -0.25) is 0 Å². The molecule has 0 spiro atoms. The predicted molar refractivity (Wildman–Crippen MR) is 95.8 cm³/mol. The van der Waals surface area contributed by atoms with Gasteiger partial charge in [-0.1, -0.05) is 0 Å². The monoisotopic (exact) mass is 672 g/mol. The van der Waals surface area contributed by atoms with E-state index in [9.17, 15) is 99.0 Å². The third-order valence-corrected chi connectivity index (χ3v) is 1.78. The first kappa shape index (κ1) is 52.9. The normalized spacial score (nSPS) is 9.05. The Labute approximate surface area is 256 Å². The van der Waals surface area contributed by atoms with Crippen molar-refractivity contribution in [3.05, 3.63) is 60.8 Å². The van der Waals surface area contributed by atoms with E-state index in [1.165, 1.54) is 0 Å². The second-order valence-corrected chi connectivity index (χ2v) is 4.86. The van der Waals surface area contributed by atoms with Gasteiger partial charge in [-0.2, -0.15) is 0 Å². The van der Waals surface area contributed by atoms with Crippen LogP contribution in [0.3, 0.4) is 0 Å². The number of carbonyl (C=O) groups is 10. The van der Waals surface area contributed by atoms with Crippen LogP contribution in [0.1, 0.15) is 0 Å². The van der Waals surface area contributed by atoms with E-state index in [0.717, 1.165) is 0 Å². The number of hydrogen-bond acceptors (Lipinski definition) is 20. The third-order valence-electron chi connectivity index (χ3n) is 1.78. The molecule has 0 N–H and O–H groups in total. The van der Waals surface area contributed by atoms with Gasteiger partial charge in [-0.25, -0.2) is 0 Å². The smallest absolute Gasteiger partial charge is 0.0643 e. The molecule has 0 aliphatic carbocycles. The molecule has 230 valence electrons. The van der Waals surface area contributed by atoms with Crippen LogP contribution < -0.4 is 51.1 Å². The molecule has 0 aromatic heterocycles. The van der Waals surface area contributed by atoms with E-state index < -0.39 is 59.7 Å². The number of carboxylic acids is 10. The molecule has 0 saturated carbocycles. The molecule has 22 heteroatoms. The third kappa shape index (κ3) is 102. The van der Waals surface area contributed by atoms with Crippen molar-refractivity contribution < 1.29 is 136 Å². The van der Waals surface area contributed by atoms with Crippen molar-refractivity contribution >= 4 is 59.7 Å². The van der Waals surface area contributed by atoms with E-state index in [1.807, 2.05) is 0 Å². The molecule has 0 fully saturated rings. The van der Waals surface area contributed by atoms with Crippen molar-refractivity contribution in [3.8, 4) is 0 Å². The molecule has 0 atom stereocenters. The van der Waals surface area contributed by atoms with Gasteiger partial charge in [0.15, 0.2) is 0 Å². The van der Waals surface area contributed by atoms with Crippen molar-refractivity contribution in [3.63, 3.8) is 0 Å². The van der Waals surface area contributed by atoms with Gasteiger partial charge in [0.05, 0.1) is 59.7 Å². The maximum absolute atomic E-state index is 9.41. The zero-order valence-corrected chi connectivity index (χ0v) is 22.6. The quantitative estimate of drug-likeness (QED) is 0.194. The molecular weight excluding hydrogens is 662 g/mol. The van der Waals surface area contributed by atoms with Crippen LogP contribution in [-0.4, -0.2) is 59.7 Å². The average molecular weight is 672 g/mol. The summed E-state index contributed by atoms with van der Waals surface area (Å²) in [6.45, 7) is 0. The average Bonchev–Trinajstić information content (AvgIpc) is 2.79.